The first-order valence-electron chi connectivity index (χ1n) is 9.63. The van der Waals surface area contributed by atoms with Crippen LogP contribution < -0.4 is 16.6 Å². The van der Waals surface area contributed by atoms with Crippen molar-refractivity contribution in [3.8, 4) is 0 Å². The van der Waals surface area contributed by atoms with Crippen molar-refractivity contribution in [1.82, 2.24) is 14.9 Å². The number of fused-ring (bicyclic) bond motifs is 1. The van der Waals surface area contributed by atoms with Crippen LogP contribution in [0.5, 0.6) is 0 Å². The van der Waals surface area contributed by atoms with Gasteiger partial charge in [-0.2, -0.15) is 0 Å². The van der Waals surface area contributed by atoms with Gasteiger partial charge in [-0.3, -0.25) is 14.4 Å². The van der Waals surface area contributed by atoms with Crippen LogP contribution in [-0.2, 0) is 11.3 Å². The summed E-state index contributed by atoms with van der Waals surface area (Å²) in [5.41, 5.74) is 6.00. The minimum atomic E-state index is -0.708. The van der Waals surface area contributed by atoms with Crippen molar-refractivity contribution in [3.05, 3.63) is 42.6 Å². The first kappa shape index (κ1) is 23.6. The summed E-state index contributed by atoms with van der Waals surface area (Å²) in [6.07, 6.45) is 0. The molecule has 0 bridgehead atoms. The number of ether oxygens (including phenoxy) is 1. The number of aromatic nitrogens is 2. The molecule has 3 aromatic heterocycles. The van der Waals surface area contributed by atoms with Gasteiger partial charge < -0.3 is 25.7 Å². The molecule has 2 amide bonds. The van der Waals surface area contributed by atoms with E-state index in [4.69, 9.17) is 10.5 Å². The van der Waals surface area contributed by atoms with Crippen molar-refractivity contribution in [2.75, 3.05) is 26.0 Å². The lowest BCUT2D eigenvalue weighted by atomic mass is 10.1. The smallest absolute Gasteiger partial charge is 0.341 e. The number of esters is 1. The molecule has 0 fully saturated rings. The molecule has 32 heavy (non-hydrogen) atoms. The zero-order valence-electron chi connectivity index (χ0n) is 18.2. The molecule has 0 radical (unpaired) electrons. The molecule has 0 aliphatic heterocycles. The predicted octanol–water partition coefficient (Wildman–Crippen LogP) is 2.25. The van der Waals surface area contributed by atoms with Crippen LogP contribution in [-0.4, -0.2) is 53.4 Å². The Balaban J connectivity index is 2.04. The summed E-state index contributed by atoms with van der Waals surface area (Å²) < 4.78 is 5.07. The van der Waals surface area contributed by atoms with E-state index < -0.39 is 17.8 Å². The summed E-state index contributed by atoms with van der Waals surface area (Å²) in [5, 5.41) is 3.18. The summed E-state index contributed by atoms with van der Waals surface area (Å²) in [7, 11) is 3.71. The Morgan fingerprint density at radius 2 is 1.84 bits per heavy atom. The molecular formula is C20H23N5O5S2. The lowest BCUT2D eigenvalue weighted by molar-refractivity contribution is 0.0527. The standard InChI is InChI=1S/C20H23N5O5S2/c1-6-30-20(29)12-9(3)13(15(21)26)31-19(12)24-17(28)14-8(2)11-16(27)22-10(7-25(4)5)23-18(11)32-14/h6-7H2,1-5H3,(H2,21,26)(H,24,28)(H,22,23,27). The molecule has 0 aromatic carbocycles. The number of nitrogens with two attached hydrogens (primary N) is 1. The molecule has 12 heteroatoms. The van der Waals surface area contributed by atoms with Gasteiger partial charge in [0, 0.05) is 0 Å². The number of nitrogens with one attached hydrogen (secondary N) is 2. The fraction of sp³-hybridized carbons (Fsp3) is 0.350. The third kappa shape index (κ3) is 4.42. The zero-order valence-corrected chi connectivity index (χ0v) is 19.9. The second-order valence-corrected chi connectivity index (χ2v) is 9.31. The molecule has 3 rings (SSSR count). The highest BCUT2D eigenvalue weighted by molar-refractivity contribution is 7.21. The largest absolute Gasteiger partial charge is 0.462 e. The zero-order chi connectivity index (χ0) is 23.7. The van der Waals surface area contributed by atoms with Crippen molar-refractivity contribution in [2.24, 2.45) is 5.73 Å². The van der Waals surface area contributed by atoms with Crippen molar-refractivity contribution in [3.63, 3.8) is 0 Å². The highest BCUT2D eigenvalue weighted by atomic mass is 32.1. The van der Waals surface area contributed by atoms with Gasteiger partial charge >= 0.3 is 5.97 Å². The van der Waals surface area contributed by atoms with Gasteiger partial charge in [0.1, 0.15) is 15.7 Å². The quantitative estimate of drug-likeness (QED) is 0.442. The second-order valence-electron chi connectivity index (χ2n) is 7.29. The van der Waals surface area contributed by atoms with E-state index in [1.807, 2.05) is 19.0 Å². The lowest BCUT2D eigenvalue weighted by Crippen LogP contribution is -2.18. The Kier molecular flexibility index (Phi) is 6.77. The molecular weight excluding hydrogens is 454 g/mol. The second kappa shape index (κ2) is 9.18. The van der Waals surface area contributed by atoms with Crippen LogP contribution in [0.25, 0.3) is 10.2 Å². The first-order valence-corrected chi connectivity index (χ1v) is 11.3. The normalized spacial score (nSPS) is 11.2. The predicted molar refractivity (Wildman–Crippen MR) is 124 cm³/mol. The molecule has 0 saturated heterocycles. The number of primary amides is 1. The molecule has 3 aromatic rings. The van der Waals surface area contributed by atoms with Gasteiger partial charge in [0.2, 0.25) is 0 Å². The number of aromatic amines is 1. The minimum absolute atomic E-state index is 0.0852. The number of anilines is 1. The summed E-state index contributed by atoms with van der Waals surface area (Å²) in [4.78, 5) is 59.8. The SMILES string of the molecule is CCOC(=O)c1c(NC(=O)c2sc3nc(CN(C)C)[nH]c(=O)c3c2C)sc(C(N)=O)c1C. The Morgan fingerprint density at radius 3 is 2.44 bits per heavy atom. The number of H-pyrrole nitrogens is 1. The van der Waals surface area contributed by atoms with Crippen LogP contribution in [0.4, 0.5) is 5.00 Å². The van der Waals surface area contributed by atoms with Crippen molar-refractivity contribution >= 4 is 55.7 Å². The van der Waals surface area contributed by atoms with Gasteiger partial charge in [-0.05, 0) is 46.0 Å². The summed E-state index contributed by atoms with van der Waals surface area (Å²) in [6.45, 7) is 5.46. The van der Waals surface area contributed by atoms with Gasteiger partial charge in [0.05, 0.1) is 33.9 Å². The Hall–Kier alpha value is -3.09. The number of carbonyl (C=O) groups is 3. The van der Waals surface area contributed by atoms with Gasteiger partial charge in [0.15, 0.2) is 0 Å². The Morgan fingerprint density at radius 1 is 1.16 bits per heavy atom. The number of carbonyl (C=O) groups excluding carboxylic acids is 3. The highest BCUT2D eigenvalue weighted by Crippen LogP contribution is 2.35. The molecule has 0 aliphatic carbocycles. The van der Waals surface area contributed by atoms with Crippen LogP contribution in [0.15, 0.2) is 4.79 Å². The van der Waals surface area contributed by atoms with Crippen LogP contribution in [0.1, 0.15) is 53.6 Å². The van der Waals surface area contributed by atoms with Gasteiger partial charge in [-0.1, -0.05) is 0 Å². The summed E-state index contributed by atoms with van der Waals surface area (Å²) in [6, 6.07) is 0. The van der Waals surface area contributed by atoms with E-state index >= 15 is 0 Å². The Bertz CT molecular complexity index is 1290. The fourth-order valence-corrected chi connectivity index (χ4v) is 5.36. The van der Waals surface area contributed by atoms with Crippen LogP contribution in [0, 0.1) is 13.8 Å². The third-order valence-corrected chi connectivity index (χ3v) is 7.01. The summed E-state index contributed by atoms with van der Waals surface area (Å²) in [5.74, 6) is -1.41. The van der Waals surface area contributed by atoms with Crippen molar-refractivity contribution < 1.29 is 19.1 Å². The summed E-state index contributed by atoms with van der Waals surface area (Å²) >= 11 is 1.99. The van der Waals surface area contributed by atoms with E-state index in [1.54, 1.807) is 20.8 Å². The highest BCUT2D eigenvalue weighted by Gasteiger charge is 2.27. The van der Waals surface area contributed by atoms with Gasteiger partial charge in [-0.25, -0.2) is 9.78 Å². The average Bonchev–Trinajstić information content (AvgIpc) is 3.18. The van der Waals surface area contributed by atoms with Gasteiger partial charge in [-0.15, -0.1) is 22.7 Å². The maximum atomic E-state index is 13.1. The number of aryl methyl sites for hydroxylation is 1. The lowest BCUT2D eigenvalue weighted by Gasteiger charge is -2.07. The maximum absolute atomic E-state index is 13.1. The molecule has 10 nitrogen and oxygen atoms in total. The van der Waals surface area contributed by atoms with Crippen LogP contribution in [0.2, 0.25) is 0 Å². The minimum Gasteiger partial charge on any atom is -0.462 e. The number of thiophene rings is 2. The molecule has 0 atom stereocenters. The van der Waals surface area contributed by atoms with E-state index in [-0.39, 0.29) is 32.5 Å². The molecule has 4 N–H and O–H groups in total. The third-order valence-electron chi connectivity index (χ3n) is 4.60. The fourth-order valence-electron chi connectivity index (χ4n) is 3.22. The number of nitrogens with zero attached hydrogens (tertiary/aromatic N) is 2. The number of hydrogen-bond acceptors (Lipinski definition) is 9. The van der Waals surface area contributed by atoms with Gasteiger partial charge in [0.25, 0.3) is 17.4 Å². The van der Waals surface area contributed by atoms with E-state index in [9.17, 15) is 19.2 Å². The number of amides is 2. The maximum Gasteiger partial charge on any atom is 0.341 e. The Labute approximate surface area is 191 Å². The van der Waals surface area contributed by atoms with Crippen LogP contribution >= 0.6 is 22.7 Å². The van der Waals surface area contributed by atoms with E-state index in [1.165, 1.54) is 0 Å². The molecule has 3 heterocycles. The monoisotopic (exact) mass is 477 g/mol. The topological polar surface area (TPSA) is 147 Å². The first-order chi connectivity index (χ1) is 15.0. The van der Waals surface area contributed by atoms with Crippen molar-refractivity contribution in [1.29, 1.82) is 0 Å². The molecule has 0 unspecified atom stereocenters. The van der Waals surface area contributed by atoms with Crippen molar-refractivity contribution in [2.45, 2.75) is 27.3 Å². The van der Waals surface area contributed by atoms with E-state index in [0.717, 1.165) is 22.7 Å². The molecule has 170 valence electrons. The molecule has 0 saturated carbocycles. The van der Waals surface area contributed by atoms with E-state index in [2.05, 4.69) is 15.3 Å². The number of hydrogen-bond donors (Lipinski definition) is 3. The van der Waals surface area contributed by atoms with Crippen LogP contribution in [0.3, 0.4) is 0 Å². The average molecular weight is 478 g/mol. The number of rotatable bonds is 7. The van der Waals surface area contributed by atoms with E-state index in [0.29, 0.717) is 33.7 Å². The molecule has 0 spiro atoms. The molecule has 0 aliphatic rings.